The van der Waals surface area contributed by atoms with Gasteiger partial charge in [0.15, 0.2) is 5.78 Å². The summed E-state index contributed by atoms with van der Waals surface area (Å²) >= 11 is 0. The lowest BCUT2D eigenvalue weighted by Crippen LogP contribution is -2.29. The summed E-state index contributed by atoms with van der Waals surface area (Å²) in [6.45, 7) is 9.03. The zero-order valence-corrected chi connectivity index (χ0v) is 17.6. The lowest BCUT2D eigenvalue weighted by atomic mass is 9.69. The molecule has 1 unspecified atom stereocenters. The molecule has 1 aromatic heterocycles. The first-order chi connectivity index (χ1) is 13.4. The normalized spacial score (nSPS) is 23.6. The lowest BCUT2D eigenvalue weighted by molar-refractivity contribution is -0.114. The first-order valence-electron chi connectivity index (χ1n) is 10.4. The van der Waals surface area contributed by atoms with Crippen molar-refractivity contribution in [1.29, 1.82) is 0 Å². The van der Waals surface area contributed by atoms with E-state index >= 15 is 0 Å². The van der Waals surface area contributed by atoms with Crippen LogP contribution in [-0.2, 0) is 16.6 Å². The van der Waals surface area contributed by atoms with Crippen molar-refractivity contribution in [2.24, 2.45) is 10.9 Å². The zero-order chi connectivity index (χ0) is 20.1. The van der Waals surface area contributed by atoms with Crippen LogP contribution in [-0.4, -0.2) is 24.0 Å². The largest absolute Gasteiger partial charge is 0.357 e. The zero-order valence-electron chi connectivity index (χ0n) is 17.6. The molecule has 0 bridgehead atoms. The van der Waals surface area contributed by atoms with Gasteiger partial charge in [0.25, 0.3) is 0 Å². The number of nitrogens with one attached hydrogen (secondary N) is 1. The molecule has 3 aliphatic carbocycles. The fourth-order valence-electron chi connectivity index (χ4n) is 5.34. The molecule has 3 nitrogen and oxygen atoms in total. The van der Waals surface area contributed by atoms with Gasteiger partial charge in [0, 0.05) is 41.7 Å². The Morgan fingerprint density at radius 1 is 1.29 bits per heavy atom. The average molecular weight is 375 g/mol. The van der Waals surface area contributed by atoms with Gasteiger partial charge in [0.05, 0.1) is 0 Å². The number of hydrogen-bond donors (Lipinski definition) is 1. The number of aromatic amines is 1. The van der Waals surface area contributed by atoms with Crippen molar-refractivity contribution in [2.45, 2.75) is 58.8 Å². The van der Waals surface area contributed by atoms with Gasteiger partial charge in [-0.1, -0.05) is 51.5 Å². The topological polar surface area (TPSA) is 45.2 Å². The van der Waals surface area contributed by atoms with Crippen molar-refractivity contribution < 1.29 is 4.79 Å². The van der Waals surface area contributed by atoms with E-state index < -0.39 is 0 Å². The second-order valence-electron chi connectivity index (χ2n) is 8.80. The molecule has 0 radical (unpaired) electrons. The second kappa shape index (κ2) is 6.88. The summed E-state index contributed by atoms with van der Waals surface area (Å²) < 4.78 is 0. The van der Waals surface area contributed by atoms with Crippen LogP contribution >= 0.6 is 0 Å². The first kappa shape index (κ1) is 18.9. The van der Waals surface area contributed by atoms with Gasteiger partial charge in [-0.25, -0.2) is 0 Å². The Balaban J connectivity index is 1.97. The highest BCUT2D eigenvalue weighted by Gasteiger charge is 2.40. The number of nitrogens with zero attached hydrogens (tertiary/aromatic N) is 1. The van der Waals surface area contributed by atoms with Gasteiger partial charge in [-0.2, -0.15) is 0 Å². The van der Waals surface area contributed by atoms with E-state index in [1.807, 2.05) is 6.21 Å². The molecule has 1 atom stereocenters. The third-order valence-corrected chi connectivity index (χ3v) is 6.53. The Kier molecular flexibility index (Phi) is 4.65. The second-order valence-corrected chi connectivity index (χ2v) is 8.80. The molecule has 0 fully saturated rings. The van der Waals surface area contributed by atoms with Gasteiger partial charge in [-0.05, 0) is 53.2 Å². The van der Waals surface area contributed by atoms with Crippen LogP contribution in [0.15, 0.2) is 39.4 Å². The highest BCUT2D eigenvalue weighted by Crippen LogP contribution is 2.45. The predicted molar refractivity (Wildman–Crippen MR) is 117 cm³/mol. The Morgan fingerprint density at radius 3 is 2.79 bits per heavy atom. The van der Waals surface area contributed by atoms with Gasteiger partial charge in [-0.15, -0.1) is 0 Å². The van der Waals surface area contributed by atoms with E-state index in [0.717, 1.165) is 35.8 Å². The maximum absolute atomic E-state index is 13.4. The van der Waals surface area contributed by atoms with Crippen LogP contribution in [0.3, 0.4) is 0 Å². The number of Topliss-reactive ketones (excluding diaryl/α,β-unsaturated/α-hetero) is 1. The predicted octanol–water partition coefficient (Wildman–Crippen LogP) is 3.68. The monoisotopic (exact) mass is 374 g/mol. The SMILES string of the molecule is CCC1=CC2=C(C(C)C1)C(C)(C)c1[nH]c3c(c1CC2=O)=CCC=C(C=NC)C=3. The van der Waals surface area contributed by atoms with Gasteiger partial charge >= 0.3 is 0 Å². The minimum absolute atomic E-state index is 0.192. The van der Waals surface area contributed by atoms with E-state index in [2.05, 4.69) is 62.0 Å². The minimum Gasteiger partial charge on any atom is -0.357 e. The molecule has 1 N–H and O–H groups in total. The molecule has 0 amide bonds. The molecule has 4 rings (SSSR count). The van der Waals surface area contributed by atoms with E-state index in [1.165, 1.54) is 27.6 Å². The number of hydrogen-bond acceptors (Lipinski definition) is 2. The van der Waals surface area contributed by atoms with Crippen molar-refractivity contribution in [3.63, 3.8) is 0 Å². The Labute approximate surface area is 167 Å². The molecule has 0 aliphatic heterocycles. The summed E-state index contributed by atoms with van der Waals surface area (Å²) in [4.78, 5) is 21.3. The van der Waals surface area contributed by atoms with Gasteiger partial charge in [0.1, 0.15) is 0 Å². The molecule has 0 spiro atoms. The average Bonchev–Trinajstić information content (AvgIpc) is 2.81. The fourth-order valence-corrected chi connectivity index (χ4v) is 5.34. The number of aliphatic imine (C=N–C) groups is 1. The van der Waals surface area contributed by atoms with Gasteiger partial charge in [-0.3, -0.25) is 9.79 Å². The van der Waals surface area contributed by atoms with E-state index in [-0.39, 0.29) is 11.2 Å². The van der Waals surface area contributed by atoms with Crippen molar-refractivity contribution in [1.82, 2.24) is 4.98 Å². The summed E-state index contributed by atoms with van der Waals surface area (Å²) in [7, 11) is 1.80. The lowest BCUT2D eigenvalue weighted by Gasteiger charge is -2.35. The molecule has 0 saturated heterocycles. The van der Waals surface area contributed by atoms with Crippen LogP contribution in [0.1, 0.15) is 58.2 Å². The maximum Gasteiger partial charge on any atom is 0.167 e. The quantitative estimate of drug-likeness (QED) is 0.789. The molecule has 1 aromatic rings. The Morgan fingerprint density at radius 2 is 2.07 bits per heavy atom. The van der Waals surface area contributed by atoms with E-state index in [9.17, 15) is 4.79 Å². The van der Waals surface area contributed by atoms with E-state index in [1.54, 1.807) is 7.05 Å². The summed E-state index contributed by atoms with van der Waals surface area (Å²) in [5.41, 5.74) is 6.97. The fraction of sp³-hybridized carbons (Fsp3) is 0.440. The molecular weight excluding hydrogens is 344 g/mol. The van der Waals surface area contributed by atoms with Crippen LogP contribution < -0.4 is 10.6 Å². The maximum atomic E-state index is 13.4. The number of H-pyrrole nitrogens is 1. The molecular formula is C25H30N2O. The number of carbonyl (C=O) groups is 1. The van der Waals surface area contributed by atoms with Gasteiger partial charge < -0.3 is 4.98 Å². The van der Waals surface area contributed by atoms with Crippen molar-refractivity contribution in [3.8, 4) is 0 Å². The van der Waals surface area contributed by atoms with Gasteiger partial charge in [0.2, 0.25) is 0 Å². The minimum atomic E-state index is -0.192. The summed E-state index contributed by atoms with van der Waals surface area (Å²) in [6, 6.07) is 0. The molecule has 0 saturated carbocycles. The van der Waals surface area contributed by atoms with Crippen LogP contribution in [0.25, 0.3) is 12.2 Å². The number of aromatic nitrogens is 1. The third kappa shape index (κ3) is 2.88. The highest BCUT2D eigenvalue weighted by molar-refractivity contribution is 6.02. The Bertz CT molecular complexity index is 1090. The van der Waals surface area contributed by atoms with E-state index in [4.69, 9.17) is 0 Å². The van der Waals surface area contributed by atoms with Crippen LogP contribution in [0.4, 0.5) is 0 Å². The molecule has 146 valence electrons. The summed E-state index contributed by atoms with van der Waals surface area (Å²) in [6.07, 6.45) is 14.1. The number of rotatable bonds is 2. The van der Waals surface area contributed by atoms with E-state index in [0.29, 0.717) is 12.3 Å². The van der Waals surface area contributed by atoms with Crippen LogP contribution in [0, 0.1) is 5.92 Å². The molecule has 0 aromatic carbocycles. The number of ketones is 1. The molecule has 28 heavy (non-hydrogen) atoms. The molecule has 3 aliphatic rings. The van der Waals surface area contributed by atoms with Crippen LogP contribution in [0.5, 0.6) is 0 Å². The number of carbonyl (C=O) groups excluding carboxylic acids is 1. The standard InChI is InChI=1S/C25H30N2O/c1-6-16-10-15(2)23-20(11-16)22(28)13-19-18-9-7-8-17(14-26-5)12-21(18)27-24(19)25(23,3)4/h8-9,11-12,14-15,27H,6-7,10,13H2,1-5H3. The highest BCUT2D eigenvalue weighted by atomic mass is 16.1. The third-order valence-electron chi connectivity index (χ3n) is 6.53. The Hall–Kier alpha value is -2.42. The first-order valence-corrected chi connectivity index (χ1v) is 10.4. The smallest absolute Gasteiger partial charge is 0.167 e. The van der Waals surface area contributed by atoms with Crippen molar-refractivity contribution in [2.75, 3.05) is 7.05 Å². The van der Waals surface area contributed by atoms with Crippen molar-refractivity contribution in [3.05, 3.63) is 56.3 Å². The van der Waals surface area contributed by atoms with Crippen molar-refractivity contribution >= 4 is 24.1 Å². The summed E-state index contributed by atoms with van der Waals surface area (Å²) in [5.74, 6) is 0.653. The summed E-state index contributed by atoms with van der Waals surface area (Å²) in [5, 5.41) is 2.30. The molecule has 3 heteroatoms. The van der Waals surface area contributed by atoms with Crippen LogP contribution in [0.2, 0.25) is 0 Å². The molecule has 1 heterocycles. The number of fused-ring (bicyclic) bond motifs is 3. The number of allylic oxidation sites excluding steroid dienone is 6.